The van der Waals surface area contributed by atoms with Crippen molar-refractivity contribution in [2.75, 3.05) is 18.5 Å². The number of halogens is 1. The summed E-state index contributed by atoms with van der Waals surface area (Å²) >= 11 is 0. The molecule has 0 radical (unpaired) electrons. The minimum absolute atomic E-state index is 0.0959. The predicted molar refractivity (Wildman–Crippen MR) is 89.6 cm³/mol. The number of para-hydroxylation sites is 1. The second-order valence-corrected chi connectivity index (χ2v) is 6.85. The van der Waals surface area contributed by atoms with Crippen molar-refractivity contribution in [1.29, 1.82) is 0 Å². The molecule has 0 N–H and O–H groups in total. The Morgan fingerprint density at radius 1 is 1.32 bits per heavy atom. The van der Waals surface area contributed by atoms with Crippen LogP contribution in [0.25, 0.3) is 0 Å². The van der Waals surface area contributed by atoms with Gasteiger partial charge in [-0.2, -0.15) is 4.98 Å². The molecular weight excluding hydrogens is 323 g/mol. The van der Waals surface area contributed by atoms with E-state index < -0.39 is 0 Å². The van der Waals surface area contributed by atoms with Crippen molar-refractivity contribution in [3.05, 3.63) is 41.8 Å². The minimum Gasteiger partial charge on any atom is -0.338 e. The standard InChI is InChI=1S/C18H21FN4O2/c1-11(17-20-16(21-25-17)12-7-8-12)22(2)15-9-10-23(18(15)24)14-6-4-3-5-13(14)19/h3-6,11-12,15H,7-10H2,1-2H3/t11-,15-/m0/s1. The average Bonchev–Trinajstić information content (AvgIpc) is 3.22. The van der Waals surface area contributed by atoms with Crippen molar-refractivity contribution in [1.82, 2.24) is 15.0 Å². The fourth-order valence-electron chi connectivity index (χ4n) is 3.32. The molecule has 7 heteroatoms. The molecule has 25 heavy (non-hydrogen) atoms. The van der Waals surface area contributed by atoms with E-state index in [1.54, 1.807) is 18.2 Å². The van der Waals surface area contributed by atoms with Crippen molar-refractivity contribution < 1.29 is 13.7 Å². The number of amides is 1. The number of carbonyl (C=O) groups excluding carboxylic acids is 1. The molecule has 2 aliphatic rings. The number of likely N-dealkylation sites (N-methyl/N-ethyl adjacent to an activating group) is 1. The number of aromatic nitrogens is 2. The Morgan fingerprint density at radius 2 is 2.08 bits per heavy atom. The van der Waals surface area contributed by atoms with Gasteiger partial charge in [-0.15, -0.1) is 0 Å². The van der Waals surface area contributed by atoms with E-state index in [9.17, 15) is 9.18 Å². The first-order valence-corrected chi connectivity index (χ1v) is 8.67. The number of nitrogens with zero attached hydrogens (tertiary/aromatic N) is 4. The third-order valence-corrected chi connectivity index (χ3v) is 5.18. The molecule has 1 aromatic heterocycles. The van der Waals surface area contributed by atoms with E-state index >= 15 is 0 Å². The smallest absolute Gasteiger partial charge is 0.244 e. The highest BCUT2D eigenvalue weighted by atomic mass is 19.1. The fraction of sp³-hybridized carbons (Fsp3) is 0.500. The Labute approximate surface area is 145 Å². The zero-order valence-corrected chi connectivity index (χ0v) is 14.4. The third kappa shape index (κ3) is 2.93. The summed E-state index contributed by atoms with van der Waals surface area (Å²) in [6, 6.07) is 5.88. The van der Waals surface area contributed by atoms with Crippen LogP contribution in [0.1, 0.15) is 49.9 Å². The number of hydrogen-bond acceptors (Lipinski definition) is 5. The Bertz CT molecular complexity index is 789. The Hall–Kier alpha value is -2.28. The lowest BCUT2D eigenvalue weighted by atomic mass is 10.1. The maximum Gasteiger partial charge on any atom is 0.244 e. The molecule has 1 aliphatic carbocycles. The van der Waals surface area contributed by atoms with Gasteiger partial charge >= 0.3 is 0 Å². The quantitative estimate of drug-likeness (QED) is 0.835. The first-order chi connectivity index (χ1) is 12.1. The largest absolute Gasteiger partial charge is 0.338 e. The van der Waals surface area contributed by atoms with Gasteiger partial charge in [0.1, 0.15) is 5.82 Å². The van der Waals surface area contributed by atoms with Gasteiger partial charge in [-0.25, -0.2) is 4.39 Å². The van der Waals surface area contributed by atoms with Gasteiger partial charge in [-0.3, -0.25) is 9.69 Å². The molecule has 1 amide bonds. The van der Waals surface area contributed by atoms with Gasteiger partial charge in [-0.1, -0.05) is 17.3 Å². The third-order valence-electron chi connectivity index (χ3n) is 5.18. The number of rotatable bonds is 5. The summed E-state index contributed by atoms with van der Waals surface area (Å²) in [6.07, 6.45) is 2.86. The van der Waals surface area contributed by atoms with Gasteiger partial charge < -0.3 is 9.42 Å². The molecule has 0 unspecified atom stereocenters. The summed E-state index contributed by atoms with van der Waals surface area (Å²) in [5.74, 6) is 1.25. The van der Waals surface area contributed by atoms with E-state index in [4.69, 9.17) is 4.52 Å². The molecule has 132 valence electrons. The van der Waals surface area contributed by atoms with Crippen LogP contribution in [0.3, 0.4) is 0 Å². The van der Waals surface area contributed by atoms with E-state index in [1.165, 1.54) is 11.0 Å². The fourth-order valence-corrected chi connectivity index (χ4v) is 3.32. The van der Waals surface area contributed by atoms with Gasteiger partial charge in [-0.05, 0) is 45.4 Å². The molecule has 1 saturated carbocycles. The maximum absolute atomic E-state index is 14.0. The normalized spacial score (nSPS) is 22.0. The van der Waals surface area contributed by atoms with Gasteiger partial charge in [0.05, 0.1) is 17.8 Å². The molecule has 4 rings (SSSR count). The van der Waals surface area contributed by atoms with Gasteiger partial charge in [0.25, 0.3) is 0 Å². The van der Waals surface area contributed by atoms with E-state index in [1.807, 2.05) is 18.9 Å². The second-order valence-electron chi connectivity index (χ2n) is 6.85. The highest BCUT2D eigenvalue weighted by Gasteiger charge is 2.39. The molecule has 1 aliphatic heterocycles. The highest BCUT2D eigenvalue weighted by Crippen LogP contribution is 2.39. The number of anilines is 1. The van der Waals surface area contributed by atoms with Crippen LogP contribution in [0.15, 0.2) is 28.8 Å². The SMILES string of the molecule is C[C@@H](c1nc(C2CC2)no1)N(C)[C@H]1CCN(c2ccccc2F)C1=O. The summed E-state index contributed by atoms with van der Waals surface area (Å²) in [5, 5.41) is 4.04. The van der Waals surface area contributed by atoms with Crippen molar-refractivity contribution in [3.63, 3.8) is 0 Å². The van der Waals surface area contributed by atoms with Gasteiger partial charge in [0, 0.05) is 12.5 Å². The van der Waals surface area contributed by atoms with Crippen molar-refractivity contribution in [2.24, 2.45) is 0 Å². The number of hydrogen-bond donors (Lipinski definition) is 0. The Morgan fingerprint density at radius 3 is 2.80 bits per heavy atom. The van der Waals surface area contributed by atoms with Crippen LogP contribution in [-0.4, -0.2) is 40.6 Å². The van der Waals surface area contributed by atoms with Crippen LogP contribution in [0.5, 0.6) is 0 Å². The molecule has 2 atom stereocenters. The van der Waals surface area contributed by atoms with E-state index in [0.29, 0.717) is 30.5 Å². The summed E-state index contributed by atoms with van der Waals surface area (Å²) < 4.78 is 19.4. The van der Waals surface area contributed by atoms with Crippen LogP contribution < -0.4 is 4.90 Å². The molecular formula is C18H21FN4O2. The van der Waals surface area contributed by atoms with Crippen LogP contribution in [0.4, 0.5) is 10.1 Å². The number of carbonyl (C=O) groups is 1. The van der Waals surface area contributed by atoms with E-state index in [-0.39, 0.29) is 23.8 Å². The predicted octanol–water partition coefficient (Wildman–Crippen LogP) is 2.88. The van der Waals surface area contributed by atoms with Crippen LogP contribution >= 0.6 is 0 Å². The molecule has 6 nitrogen and oxygen atoms in total. The van der Waals surface area contributed by atoms with Crippen molar-refractivity contribution >= 4 is 11.6 Å². The van der Waals surface area contributed by atoms with Crippen molar-refractivity contribution in [3.8, 4) is 0 Å². The number of benzene rings is 1. The van der Waals surface area contributed by atoms with E-state index in [2.05, 4.69) is 10.1 Å². The maximum atomic E-state index is 14.0. The zero-order valence-electron chi connectivity index (χ0n) is 14.4. The topological polar surface area (TPSA) is 62.5 Å². The Balaban J connectivity index is 1.49. The zero-order chi connectivity index (χ0) is 17.6. The molecule has 2 heterocycles. The lowest BCUT2D eigenvalue weighted by Gasteiger charge is -2.27. The van der Waals surface area contributed by atoms with E-state index in [0.717, 1.165) is 18.7 Å². The molecule has 0 bridgehead atoms. The first kappa shape index (κ1) is 16.2. The highest BCUT2D eigenvalue weighted by molar-refractivity contribution is 5.99. The summed E-state index contributed by atoms with van der Waals surface area (Å²) in [6.45, 7) is 2.45. The van der Waals surface area contributed by atoms with Gasteiger partial charge in [0.2, 0.25) is 11.8 Å². The summed E-state index contributed by atoms with van der Waals surface area (Å²) in [4.78, 5) is 20.7. The second kappa shape index (κ2) is 6.22. The molecule has 2 fully saturated rings. The van der Waals surface area contributed by atoms with Gasteiger partial charge in [0.15, 0.2) is 5.82 Å². The Kier molecular flexibility index (Phi) is 4.03. The monoisotopic (exact) mass is 344 g/mol. The average molecular weight is 344 g/mol. The molecule has 1 saturated heterocycles. The minimum atomic E-state index is -0.377. The molecule has 1 aromatic carbocycles. The van der Waals surface area contributed by atoms with Crippen molar-refractivity contribution in [2.45, 2.75) is 44.2 Å². The lowest BCUT2D eigenvalue weighted by Crippen LogP contribution is -2.41. The summed E-state index contributed by atoms with van der Waals surface area (Å²) in [7, 11) is 1.87. The molecule has 2 aromatic rings. The lowest BCUT2D eigenvalue weighted by molar-refractivity contribution is -0.122. The first-order valence-electron chi connectivity index (χ1n) is 8.67. The van der Waals surface area contributed by atoms with Crippen LogP contribution in [0, 0.1) is 5.82 Å². The summed E-state index contributed by atoms with van der Waals surface area (Å²) in [5.41, 5.74) is 0.338. The van der Waals surface area contributed by atoms with Crippen LogP contribution in [-0.2, 0) is 4.79 Å². The van der Waals surface area contributed by atoms with Crippen LogP contribution in [0.2, 0.25) is 0 Å². The molecule has 0 spiro atoms.